The fourth-order valence-corrected chi connectivity index (χ4v) is 4.28. The van der Waals surface area contributed by atoms with Gasteiger partial charge in [0.25, 0.3) is 0 Å². The first-order valence-corrected chi connectivity index (χ1v) is 8.81. The number of likely N-dealkylation sites (N-methyl/N-ethyl adjacent to an activating group) is 1. The fourth-order valence-electron chi connectivity index (χ4n) is 3.13. The molecule has 1 aromatic carbocycles. The first kappa shape index (κ1) is 16.6. The van der Waals surface area contributed by atoms with Crippen LogP contribution in [0.1, 0.15) is 50.4 Å². The summed E-state index contributed by atoms with van der Waals surface area (Å²) in [6.07, 6.45) is 3.29. The topological polar surface area (TPSA) is 70.5 Å². The van der Waals surface area contributed by atoms with Crippen LogP contribution in [-0.4, -0.2) is 33.9 Å². The Morgan fingerprint density at radius 3 is 2.71 bits per heavy atom. The largest absolute Gasteiger partial charge is 0.478 e. The van der Waals surface area contributed by atoms with Gasteiger partial charge < -0.3 is 10.0 Å². The van der Waals surface area contributed by atoms with Gasteiger partial charge in [0.15, 0.2) is 0 Å². The van der Waals surface area contributed by atoms with Crippen molar-refractivity contribution in [2.75, 3.05) is 7.05 Å². The second-order valence-corrected chi connectivity index (χ2v) is 7.37. The molecule has 1 atom stereocenters. The van der Waals surface area contributed by atoms with Crippen LogP contribution < -0.4 is 0 Å². The second kappa shape index (κ2) is 6.73. The molecule has 0 saturated heterocycles. The third kappa shape index (κ3) is 3.33. The molecule has 0 fully saturated rings. The lowest BCUT2D eigenvalue weighted by Gasteiger charge is -2.30. The number of carboxylic acids is 1. The molecule has 3 rings (SSSR count). The molecule has 1 amide bonds. The molecule has 1 heterocycles. The third-order valence-electron chi connectivity index (χ3n) is 4.45. The minimum atomic E-state index is -0.958. The molecule has 1 aliphatic carbocycles. The van der Waals surface area contributed by atoms with Crippen LogP contribution in [0.25, 0.3) is 0 Å². The van der Waals surface area contributed by atoms with Crippen LogP contribution in [-0.2, 0) is 17.6 Å². The van der Waals surface area contributed by atoms with E-state index in [1.165, 1.54) is 17.0 Å². The van der Waals surface area contributed by atoms with Gasteiger partial charge in [-0.15, -0.1) is 11.3 Å². The van der Waals surface area contributed by atoms with E-state index in [0.717, 1.165) is 35.5 Å². The zero-order valence-electron chi connectivity index (χ0n) is 13.8. The van der Waals surface area contributed by atoms with Crippen LogP contribution in [0.15, 0.2) is 24.3 Å². The molecule has 1 aromatic heterocycles. The van der Waals surface area contributed by atoms with Crippen molar-refractivity contribution in [1.82, 2.24) is 9.88 Å². The number of nitrogens with zero attached hydrogens (tertiary/aromatic N) is 2. The lowest BCUT2D eigenvalue weighted by molar-refractivity contribution is -0.131. The van der Waals surface area contributed by atoms with Crippen LogP contribution in [0, 0.1) is 6.92 Å². The number of carboxylic acid groups (broad SMARTS) is 1. The number of carbonyl (C=O) groups excluding carboxylic acids is 1. The van der Waals surface area contributed by atoms with Gasteiger partial charge in [0.2, 0.25) is 5.91 Å². The number of fused-ring (bicyclic) bond motifs is 1. The van der Waals surface area contributed by atoms with Crippen LogP contribution in [0.3, 0.4) is 0 Å². The summed E-state index contributed by atoms with van der Waals surface area (Å²) < 4.78 is 0. The van der Waals surface area contributed by atoms with E-state index in [-0.39, 0.29) is 23.9 Å². The molecule has 0 spiro atoms. The predicted octanol–water partition coefficient (Wildman–Crippen LogP) is 3.23. The molecule has 1 aliphatic rings. The number of aromatic nitrogens is 1. The molecule has 126 valence electrons. The maximum absolute atomic E-state index is 12.6. The monoisotopic (exact) mass is 344 g/mol. The number of hydrogen-bond acceptors (Lipinski definition) is 4. The zero-order valence-corrected chi connectivity index (χ0v) is 14.6. The Balaban J connectivity index is 1.72. The average molecular weight is 344 g/mol. The predicted molar refractivity (Wildman–Crippen MR) is 92.4 cm³/mol. The summed E-state index contributed by atoms with van der Waals surface area (Å²) in [5, 5.41) is 9.98. The SMILES string of the molecule is Cc1nc2c(s1)C(N(C)C(=O)Cc1ccc(C(=O)O)cc1)CCC2. The summed E-state index contributed by atoms with van der Waals surface area (Å²) in [5.74, 6) is -0.915. The summed E-state index contributed by atoms with van der Waals surface area (Å²) in [4.78, 5) is 31.1. The second-order valence-electron chi connectivity index (χ2n) is 6.14. The number of hydrogen-bond donors (Lipinski definition) is 1. The molecule has 1 unspecified atom stereocenters. The van der Waals surface area contributed by atoms with Crippen LogP contribution in [0.2, 0.25) is 0 Å². The first-order chi connectivity index (χ1) is 11.5. The lowest BCUT2D eigenvalue weighted by atomic mass is 9.96. The number of thiazole rings is 1. The minimum absolute atomic E-state index is 0.0435. The Hall–Kier alpha value is -2.21. The summed E-state index contributed by atoms with van der Waals surface area (Å²) >= 11 is 1.69. The molecule has 6 heteroatoms. The maximum Gasteiger partial charge on any atom is 0.335 e. The normalized spacial score (nSPS) is 16.5. The maximum atomic E-state index is 12.6. The summed E-state index contributed by atoms with van der Waals surface area (Å²) in [6, 6.07) is 6.59. The number of amides is 1. The van der Waals surface area contributed by atoms with Gasteiger partial charge in [-0.05, 0) is 43.9 Å². The smallest absolute Gasteiger partial charge is 0.335 e. The minimum Gasteiger partial charge on any atom is -0.478 e. The Morgan fingerprint density at radius 1 is 1.33 bits per heavy atom. The molecule has 24 heavy (non-hydrogen) atoms. The molecular formula is C18H20N2O3S. The number of rotatable bonds is 4. The van der Waals surface area contributed by atoms with Gasteiger partial charge in [0.1, 0.15) is 0 Å². The van der Waals surface area contributed by atoms with E-state index in [0.29, 0.717) is 0 Å². The van der Waals surface area contributed by atoms with Gasteiger partial charge in [-0.3, -0.25) is 4.79 Å². The van der Waals surface area contributed by atoms with Gasteiger partial charge in [-0.2, -0.15) is 0 Å². The van der Waals surface area contributed by atoms with E-state index in [4.69, 9.17) is 5.11 Å². The highest BCUT2D eigenvalue weighted by Gasteiger charge is 2.29. The van der Waals surface area contributed by atoms with E-state index in [1.54, 1.807) is 23.5 Å². The Bertz CT molecular complexity index is 767. The van der Waals surface area contributed by atoms with E-state index in [2.05, 4.69) is 4.98 Å². The molecule has 0 aliphatic heterocycles. The summed E-state index contributed by atoms with van der Waals surface area (Å²) in [7, 11) is 1.85. The highest BCUT2D eigenvalue weighted by molar-refractivity contribution is 7.11. The molecule has 0 bridgehead atoms. The number of aromatic carboxylic acids is 1. The van der Waals surface area contributed by atoms with Gasteiger partial charge in [0, 0.05) is 7.05 Å². The fraction of sp³-hybridized carbons (Fsp3) is 0.389. The van der Waals surface area contributed by atoms with Crippen molar-refractivity contribution < 1.29 is 14.7 Å². The van der Waals surface area contributed by atoms with Crippen LogP contribution in [0.4, 0.5) is 0 Å². The van der Waals surface area contributed by atoms with Crippen LogP contribution in [0.5, 0.6) is 0 Å². The van der Waals surface area contributed by atoms with Gasteiger partial charge >= 0.3 is 5.97 Å². The quantitative estimate of drug-likeness (QED) is 0.924. The van der Waals surface area contributed by atoms with Crippen molar-refractivity contribution in [2.45, 2.75) is 38.6 Å². The van der Waals surface area contributed by atoms with E-state index >= 15 is 0 Å². The molecule has 5 nitrogen and oxygen atoms in total. The third-order valence-corrected chi connectivity index (χ3v) is 5.56. The van der Waals surface area contributed by atoms with Crippen molar-refractivity contribution in [3.63, 3.8) is 0 Å². The first-order valence-electron chi connectivity index (χ1n) is 8.00. The zero-order chi connectivity index (χ0) is 17.3. The molecule has 0 radical (unpaired) electrons. The number of aryl methyl sites for hydroxylation is 2. The van der Waals surface area contributed by atoms with Crippen molar-refractivity contribution in [3.8, 4) is 0 Å². The van der Waals surface area contributed by atoms with Crippen molar-refractivity contribution in [2.24, 2.45) is 0 Å². The van der Waals surface area contributed by atoms with Gasteiger partial charge in [-0.1, -0.05) is 12.1 Å². The Labute approximate surface area is 145 Å². The van der Waals surface area contributed by atoms with Crippen LogP contribution >= 0.6 is 11.3 Å². The highest BCUT2D eigenvalue weighted by atomic mass is 32.1. The molecule has 0 saturated carbocycles. The Morgan fingerprint density at radius 2 is 2.04 bits per heavy atom. The molecule has 1 N–H and O–H groups in total. The van der Waals surface area contributed by atoms with Crippen molar-refractivity contribution in [1.29, 1.82) is 0 Å². The highest BCUT2D eigenvalue weighted by Crippen LogP contribution is 2.37. The van der Waals surface area contributed by atoms with Crippen molar-refractivity contribution in [3.05, 3.63) is 51.0 Å². The number of carbonyl (C=O) groups is 2. The van der Waals surface area contributed by atoms with Gasteiger partial charge in [0.05, 0.1) is 33.6 Å². The lowest BCUT2D eigenvalue weighted by Crippen LogP contribution is -2.33. The summed E-state index contributed by atoms with van der Waals surface area (Å²) in [5.41, 5.74) is 2.20. The Kier molecular flexibility index (Phi) is 4.66. The van der Waals surface area contributed by atoms with E-state index in [9.17, 15) is 9.59 Å². The van der Waals surface area contributed by atoms with E-state index < -0.39 is 5.97 Å². The standard InChI is InChI=1S/C18H20N2O3S/c1-11-19-14-4-3-5-15(17(14)24-11)20(2)16(21)10-12-6-8-13(9-7-12)18(22)23/h6-9,15H,3-5,10H2,1-2H3,(H,22,23). The van der Waals surface area contributed by atoms with Crippen molar-refractivity contribution >= 4 is 23.2 Å². The number of benzene rings is 1. The van der Waals surface area contributed by atoms with Gasteiger partial charge in [-0.25, -0.2) is 9.78 Å². The summed E-state index contributed by atoms with van der Waals surface area (Å²) in [6.45, 7) is 2.01. The molecule has 2 aromatic rings. The molecular weight excluding hydrogens is 324 g/mol. The average Bonchev–Trinajstić information content (AvgIpc) is 2.94. The van der Waals surface area contributed by atoms with E-state index in [1.807, 2.05) is 18.9 Å².